The number of hydrogen-bond acceptors (Lipinski definition) is 3. The van der Waals surface area contributed by atoms with Gasteiger partial charge in [0.25, 0.3) is 0 Å². The van der Waals surface area contributed by atoms with E-state index in [4.69, 9.17) is 5.11 Å². The van der Waals surface area contributed by atoms with Crippen molar-refractivity contribution < 1.29 is 15.0 Å². The number of aliphatic carboxylic acids is 1. The first-order valence-corrected chi connectivity index (χ1v) is 6.26. The van der Waals surface area contributed by atoms with Gasteiger partial charge in [0.05, 0.1) is 0 Å². The number of unbranched alkanes of at least 4 members (excludes halogenated alkanes) is 1. The van der Waals surface area contributed by atoms with Crippen LogP contribution in [0.2, 0.25) is 0 Å². The number of piperidine rings is 1. The summed E-state index contributed by atoms with van der Waals surface area (Å²) in [6, 6.07) is -0.320. The summed E-state index contributed by atoms with van der Waals surface area (Å²) < 4.78 is 0. The highest BCUT2D eigenvalue weighted by molar-refractivity contribution is 5.73. The van der Waals surface area contributed by atoms with Crippen LogP contribution < -0.4 is 0 Å². The molecule has 0 spiro atoms. The summed E-state index contributed by atoms with van der Waals surface area (Å²) in [4.78, 5) is 13.2. The van der Waals surface area contributed by atoms with Crippen LogP contribution in [0.5, 0.6) is 0 Å². The van der Waals surface area contributed by atoms with E-state index in [2.05, 4.69) is 11.8 Å². The highest BCUT2D eigenvalue weighted by Gasteiger charge is 2.28. The first-order valence-electron chi connectivity index (χ1n) is 6.26. The van der Waals surface area contributed by atoms with E-state index >= 15 is 0 Å². The number of carbonyl (C=O) groups is 1. The number of aliphatic hydroxyl groups is 1. The van der Waals surface area contributed by atoms with Gasteiger partial charge in [-0.15, -0.1) is 0 Å². The van der Waals surface area contributed by atoms with Crippen molar-refractivity contribution >= 4 is 5.97 Å². The van der Waals surface area contributed by atoms with Gasteiger partial charge in [-0.3, -0.25) is 9.69 Å². The Morgan fingerprint density at radius 3 is 2.50 bits per heavy atom. The normalized spacial score (nSPS) is 20.9. The van der Waals surface area contributed by atoms with Gasteiger partial charge in [0.15, 0.2) is 0 Å². The van der Waals surface area contributed by atoms with Crippen LogP contribution >= 0.6 is 0 Å². The molecule has 0 saturated carbocycles. The van der Waals surface area contributed by atoms with Gasteiger partial charge in [-0.25, -0.2) is 0 Å². The molecule has 1 fully saturated rings. The average molecular weight is 229 g/mol. The van der Waals surface area contributed by atoms with Gasteiger partial charge in [0.1, 0.15) is 6.04 Å². The Bertz CT molecular complexity index is 212. The summed E-state index contributed by atoms with van der Waals surface area (Å²) in [5.74, 6) is -0.326. The van der Waals surface area contributed by atoms with Crippen molar-refractivity contribution in [1.29, 1.82) is 0 Å². The molecule has 1 atom stereocenters. The maximum absolute atomic E-state index is 11.2. The van der Waals surface area contributed by atoms with E-state index in [0.29, 0.717) is 5.92 Å². The van der Waals surface area contributed by atoms with E-state index in [1.807, 2.05) is 0 Å². The number of rotatable bonds is 6. The van der Waals surface area contributed by atoms with Gasteiger partial charge in [-0.1, -0.05) is 19.8 Å². The first-order chi connectivity index (χ1) is 7.69. The van der Waals surface area contributed by atoms with E-state index in [9.17, 15) is 9.90 Å². The van der Waals surface area contributed by atoms with Crippen molar-refractivity contribution in [3.63, 3.8) is 0 Å². The number of carboxylic acids is 1. The van der Waals surface area contributed by atoms with Crippen LogP contribution in [0, 0.1) is 5.92 Å². The molecule has 0 bridgehead atoms. The van der Waals surface area contributed by atoms with Crippen LogP contribution in [0.25, 0.3) is 0 Å². The van der Waals surface area contributed by atoms with E-state index in [-0.39, 0.29) is 12.6 Å². The molecule has 4 nitrogen and oxygen atoms in total. The Morgan fingerprint density at radius 2 is 2.06 bits per heavy atom. The molecule has 16 heavy (non-hydrogen) atoms. The molecule has 0 aromatic carbocycles. The molecule has 0 aromatic rings. The summed E-state index contributed by atoms with van der Waals surface area (Å²) >= 11 is 0. The predicted octanol–water partition coefficient (Wildman–Crippen LogP) is 1.33. The molecule has 1 saturated heterocycles. The molecule has 0 aliphatic carbocycles. The maximum Gasteiger partial charge on any atom is 0.320 e. The summed E-state index contributed by atoms with van der Waals surface area (Å²) in [6.07, 6.45) is 4.60. The molecule has 94 valence electrons. The summed E-state index contributed by atoms with van der Waals surface area (Å²) in [7, 11) is 0. The highest BCUT2D eigenvalue weighted by Crippen LogP contribution is 2.20. The third kappa shape index (κ3) is 3.76. The standard InChI is InChI=1S/C12H23NO3/c1-2-3-4-11(12(15)16)13-7-5-10(9-14)6-8-13/h10-11,14H,2-9H2,1H3,(H,15,16). The van der Waals surface area contributed by atoms with Crippen LogP contribution in [0.1, 0.15) is 39.0 Å². The number of nitrogens with zero attached hydrogens (tertiary/aromatic N) is 1. The van der Waals surface area contributed by atoms with Crippen LogP contribution in [0.4, 0.5) is 0 Å². The lowest BCUT2D eigenvalue weighted by Gasteiger charge is -2.35. The van der Waals surface area contributed by atoms with Crippen LogP contribution in [0.15, 0.2) is 0 Å². The van der Waals surface area contributed by atoms with Crippen LogP contribution in [-0.4, -0.2) is 46.8 Å². The van der Waals surface area contributed by atoms with Crippen molar-refractivity contribution in [2.75, 3.05) is 19.7 Å². The largest absolute Gasteiger partial charge is 0.480 e. The Morgan fingerprint density at radius 1 is 1.44 bits per heavy atom. The molecule has 0 aromatic heterocycles. The molecule has 2 N–H and O–H groups in total. The molecule has 1 aliphatic rings. The van der Waals surface area contributed by atoms with Crippen molar-refractivity contribution in [3.8, 4) is 0 Å². The Hall–Kier alpha value is -0.610. The lowest BCUT2D eigenvalue weighted by Crippen LogP contribution is -2.46. The smallest absolute Gasteiger partial charge is 0.320 e. The molecule has 1 unspecified atom stereocenters. The number of aliphatic hydroxyl groups excluding tert-OH is 1. The SMILES string of the molecule is CCCCC(C(=O)O)N1CCC(CO)CC1. The van der Waals surface area contributed by atoms with Gasteiger partial charge in [-0.05, 0) is 38.3 Å². The van der Waals surface area contributed by atoms with Crippen LogP contribution in [-0.2, 0) is 4.79 Å². The highest BCUT2D eigenvalue weighted by atomic mass is 16.4. The lowest BCUT2D eigenvalue weighted by atomic mass is 9.95. The topological polar surface area (TPSA) is 60.8 Å². The van der Waals surface area contributed by atoms with Gasteiger partial charge in [0.2, 0.25) is 0 Å². The molecular weight excluding hydrogens is 206 g/mol. The molecule has 1 heterocycles. The van der Waals surface area contributed by atoms with Crippen molar-refractivity contribution in [1.82, 2.24) is 4.90 Å². The van der Waals surface area contributed by atoms with Gasteiger partial charge in [0, 0.05) is 6.61 Å². The number of hydrogen-bond donors (Lipinski definition) is 2. The fourth-order valence-corrected chi connectivity index (χ4v) is 2.31. The zero-order valence-corrected chi connectivity index (χ0v) is 10.1. The van der Waals surface area contributed by atoms with Gasteiger partial charge < -0.3 is 10.2 Å². The summed E-state index contributed by atoms with van der Waals surface area (Å²) in [5.41, 5.74) is 0. The van der Waals surface area contributed by atoms with Crippen LogP contribution in [0.3, 0.4) is 0 Å². The third-order valence-corrected chi connectivity index (χ3v) is 3.46. The predicted molar refractivity (Wildman–Crippen MR) is 62.3 cm³/mol. The molecule has 0 radical (unpaired) electrons. The Kier molecular flexibility index (Phi) is 5.77. The lowest BCUT2D eigenvalue weighted by molar-refractivity contribution is -0.144. The second-order valence-electron chi connectivity index (χ2n) is 4.66. The van der Waals surface area contributed by atoms with E-state index in [1.54, 1.807) is 0 Å². The second-order valence-corrected chi connectivity index (χ2v) is 4.66. The fourth-order valence-electron chi connectivity index (χ4n) is 2.31. The number of likely N-dealkylation sites (tertiary alicyclic amines) is 1. The third-order valence-electron chi connectivity index (χ3n) is 3.46. The molecule has 4 heteroatoms. The minimum absolute atomic E-state index is 0.237. The monoisotopic (exact) mass is 229 g/mol. The molecule has 1 rings (SSSR count). The molecular formula is C12H23NO3. The van der Waals surface area contributed by atoms with E-state index in [1.165, 1.54) is 0 Å². The van der Waals surface area contributed by atoms with Gasteiger partial charge in [-0.2, -0.15) is 0 Å². The quantitative estimate of drug-likeness (QED) is 0.721. The van der Waals surface area contributed by atoms with Gasteiger partial charge >= 0.3 is 5.97 Å². The average Bonchev–Trinajstić information content (AvgIpc) is 2.30. The first kappa shape index (κ1) is 13.5. The zero-order chi connectivity index (χ0) is 12.0. The number of carboxylic acid groups (broad SMARTS) is 1. The van der Waals surface area contributed by atoms with Crippen molar-refractivity contribution in [3.05, 3.63) is 0 Å². The van der Waals surface area contributed by atoms with Crippen molar-refractivity contribution in [2.24, 2.45) is 5.92 Å². The second kappa shape index (κ2) is 6.86. The van der Waals surface area contributed by atoms with Crippen molar-refractivity contribution in [2.45, 2.75) is 45.1 Å². The molecule has 1 aliphatic heterocycles. The minimum atomic E-state index is -0.698. The summed E-state index contributed by atoms with van der Waals surface area (Å²) in [5, 5.41) is 18.2. The van der Waals surface area contributed by atoms with E-state index < -0.39 is 5.97 Å². The van der Waals surface area contributed by atoms with E-state index in [0.717, 1.165) is 45.2 Å². The minimum Gasteiger partial charge on any atom is -0.480 e. The maximum atomic E-state index is 11.2. The molecule has 0 amide bonds. The summed E-state index contributed by atoms with van der Waals surface area (Å²) in [6.45, 7) is 3.94. The fraction of sp³-hybridized carbons (Fsp3) is 0.917. The Balaban J connectivity index is 2.43. The zero-order valence-electron chi connectivity index (χ0n) is 10.1. The Labute approximate surface area is 97.3 Å².